The largest absolute Gasteiger partial charge is 0.417 e. The van der Waals surface area contributed by atoms with E-state index in [2.05, 4.69) is 4.98 Å². The van der Waals surface area contributed by atoms with E-state index in [1.165, 1.54) is 6.92 Å². The minimum absolute atomic E-state index is 0.0485. The number of ether oxygens (including phenoxy) is 1. The van der Waals surface area contributed by atoms with Gasteiger partial charge in [0.25, 0.3) is 0 Å². The van der Waals surface area contributed by atoms with Gasteiger partial charge in [0.05, 0.1) is 30.9 Å². The van der Waals surface area contributed by atoms with Gasteiger partial charge in [-0.3, -0.25) is 0 Å². The summed E-state index contributed by atoms with van der Waals surface area (Å²) in [4.78, 5) is 3.97. The molecular formula is C12H13F3N2O2S. The van der Waals surface area contributed by atoms with E-state index >= 15 is 0 Å². The van der Waals surface area contributed by atoms with Crippen molar-refractivity contribution in [3.63, 3.8) is 0 Å². The van der Waals surface area contributed by atoms with Crippen LogP contribution < -0.4 is 0 Å². The topological polar surface area (TPSA) is 66.1 Å². The number of halogens is 3. The highest BCUT2D eigenvalue weighted by molar-refractivity contribution is 7.99. The summed E-state index contributed by atoms with van der Waals surface area (Å²) in [5.41, 5.74) is -1.23. The Morgan fingerprint density at radius 3 is 2.70 bits per heavy atom. The van der Waals surface area contributed by atoms with E-state index in [9.17, 15) is 13.2 Å². The van der Waals surface area contributed by atoms with Gasteiger partial charge in [-0.15, -0.1) is 11.8 Å². The smallest absolute Gasteiger partial charge is 0.394 e. The van der Waals surface area contributed by atoms with Crippen LogP contribution in [-0.4, -0.2) is 35.7 Å². The van der Waals surface area contributed by atoms with Crippen molar-refractivity contribution >= 4 is 11.8 Å². The molecule has 0 saturated heterocycles. The second kappa shape index (κ2) is 7.47. The SMILES string of the molecule is Cc1cc(C(F)(F)F)c(C#N)c(SCCOCCO)n1. The van der Waals surface area contributed by atoms with Gasteiger partial charge in [0.15, 0.2) is 0 Å². The molecule has 0 unspecified atom stereocenters. The van der Waals surface area contributed by atoms with Gasteiger partial charge >= 0.3 is 6.18 Å². The molecule has 1 aromatic heterocycles. The fourth-order valence-electron chi connectivity index (χ4n) is 1.44. The van der Waals surface area contributed by atoms with Crippen LogP contribution in [-0.2, 0) is 10.9 Å². The molecule has 1 aromatic rings. The quantitative estimate of drug-likeness (QED) is 0.645. The number of pyridine rings is 1. The maximum absolute atomic E-state index is 12.8. The van der Waals surface area contributed by atoms with Crippen molar-refractivity contribution in [3.05, 3.63) is 22.9 Å². The first kappa shape index (κ1) is 16.8. The molecule has 110 valence electrons. The molecule has 1 heterocycles. The van der Waals surface area contributed by atoms with E-state index in [-0.39, 0.29) is 30.5 Å². The maximum Gasteiger partial charge on any atom is 0.417 e. The first-order valence-corrected chi connectivity index (χ1v) is 6.69. The van der Waals surface area contributed by atoms with Crippen LogP contribution in [0.3, 0.4) is 0 Å². The minimum Gasteiger partial charge on any atom is -0.394 e. The van der Waals surface area contributed by atoms with Crippen LogP contribution in [0.5, 0.6) is 0 Å². The van der Waals surface area contributed by atoms with Crippen molar-refractivity contribution in [1.29, 1.82) is 5.26 Å². The van der Waals surface area contributed by atoms with Crippen molar-refractivity contribution in [2.24, 2.45) is 0 Å². The number of aromatic nitrogens is 1. The Morgan fingerprint density at radius 1 is 1.45 bits per heavy atom. The lowest BCUT2D eigenvalue weighted by molar-refractivity contribution is -0.138. The number of aliphatic hydroxyl groups excluding tert-OH is 1. The van der Waals surface area contributed by atoms with Crippen molar-refractivity contribution in [3.8, 4) is 6.07 Å². The Labute approximate surface area is 118 Å². The summed E-state index contributed by atoms with van der Waals surface area (Å²) in [6, 6.07) is 2.43. The van der Waals surface area contributed by atoms with Crippen LogP contribution in [0.2, 0.25) is 0 Å². The Bertz CT molecular complexity index is 501. The molecule has 4 nitrogen and oxygen atoms in total. The van der Waals surface area contributed by atoms with E-state index in [1.807, 2.05) is 0 Å². The number of nitrogens with zero attached hydrogens (tertiary/aromatic N) is 2. The van der Waals surface area contributed by atoms with Crippen LogP contribution >= 0.6 is 11.8 Å². The molecule has 0 amide bonds. The summed E-state index contributed by atoms with van der Waals surface area (Å²) in [6.45, 7) is 1.76. The van der Waals surface area contributed by atoms with Crippen LogP contribution in [0.15, 0.2) is 11.1 Å². The van der Waals surface area contributed by atoms with Crippen molar-refractivity contribution < 1.29 is 23.0 Å². The van der Waals surface area contributed by atoms with Gasteiger partial charge in [0, 0.05) is 11.4 Å². The predicted octanol–water partition coefficient (Wildman–Crippen LogP) is 2.38. The number of hydrogen-bond donors (Lipinski definition) is 1. The highest BCUT2D eigenvalue weighted by Crippen LogP contribution is 2.35. The predicted molar refractivity (Wildman–Crippen MR) is 67.3 cm³/mol. The molecule has 0 spiro atoms. The van der Waals surface area contributed by atoms with Crippen molar-refractivity contribution in [2.45, 2.75) is 18.1 Å². The van der Waals surface area contributed by atoms with Crippen LogP contribution in [0.1, 0.15) is 16.8 Å². The standard InChI is InChI=1S/C12H13F3N2O2S/c1-8-6-10(12(13,14)15)9(7-16)11(17-8)20-5-4-19-3-2-18/h6,18H,2-5H2,1H3. The molecule has 0 radical (unpaired) electrons. The maximum atomic E-state index is 12.8. The van der Waals surface area contributed by atoms with Gasteiger partial charge < -0.3 is 9.84 Å². The van der Waals surface area contributed by atoms with Gasteiger partial charge in [0.2, 0.25) is 0 Å². The van der Waals surface area contributed by atoms with E-state index in [0.29, 0.717) is 5.75 Å². The van der Waals surface area contributed by atoms with Gasteiger partial charge in [-0.1, -0.05) is 0 Å². The number of nitriles is 1. The summed E-state index contributed by atoms with van der Waals surface area (Å²) < 4.78 is 43.5. The zero-order valence-electron chi connectivity index (χ0n) is 10.7. The third-order valence-corrected chi connectivity index (χ3v) is 3.17. The number of aryl methyl sites for hydroxylation is 1. The lowest BCUT2D eigenvalue weighted by Crippen LogP contribution is -2.11. The van der Waals surface area contributed by atoms with Gasteiger partial charge in [-0.25, -0.2) is 4.98 Å². The molecule has 0 aliphatic heterocycles. The lowest BCUT2D eigenvalue weighted by atomic mass is 10.1. The summed E-state index contributed by atoms with van der Waals surface area (Å²) >= 11 is 1.03. The zero-order valence-corrected chi connectivity index (χ0v) is 11.5. The Kier molecular flexibility index (Phi) is 6.26. The molecule has 0 aliphatic carbocycles. The van der Waals surface area contributed by atoms with Crippen molar-refractivity contribution in [2.75, 3.05) is 25.6 Å². The zero-order chi connectivity index (χ0) is 15.2. The molecule has 0 aliphatic rings. The highest BCUT2D eigenvalue weighted by Gasteiger charge is 2.35. The first-order chi connectivity index (χ1) is 9.40. The monoisotopic (exact) mass is 306 g/mol. The lowest BCUT2D eigenvalue weighted by Gasteiger charge is -2.12. The Hall–Kier alpha value is -1.30. The second-order valence-electron chi connectivity index (χ2n) is 3.79. The average Bonchev–Trinajstić information content (AvgIpc) is 2.37. The number of aliphatic hydroxyl groups is 1. The van der Waals surface area contributed by atoms with E-state index < -0.39 is 17.3 Å². The van der Waals surface area contributed by atoms with Crippen LogP contribution in [0.4, 0.5) is 13.2 Å². The second-order valence-corrected chi connectivity index (χ2v) is 4.87. The van der Waals surface area contributed by atoms with Gasteiger partial charge in [-0.05, 0) is 13.0 Å². The van der Waals surface area contributed by atoms with Crippen molar-refractivity contribution in [1.82, 2.24) is 4.98 Å². The summed E-state index contributed by atoms with van der Waals surface area (Å²) in [5, 5.41) is 17.5. The molecule has 8 heteroatoms. The van der Waals surface area contributed by atoms with Crippen LogP contribution in [0, 0.1) is 18.3 Å². The van der Waals surface area contributed by atoms with E-state index in [4.69, 9.17) is 15.1 Å². The molecule has 0 atom stereocenters. The number of alkyl halides is 3. The molecule has 20 heavy (non-hydrogen) atoms. The van der Waals surface area contributed by atoms with Gasteiger partial charge in [0.1, 0.15) is 11.1 Å². The fraction of sp³-hybridized carbons (Fsp3) is 0.500. The fourth-order valence-corrected chi connectivity index (χ4v) is 2.35. The third kappa shape index (κ3) is 4.67. The summed E-state index contributed by atoms with van der Waals surface area (Å²) in [5.74, 6) is 0.350. The molecule has 0 bridgehead atoms. The third-order valence-electron chi connectivity index (χ3n) is 2.23. The van der Waals surface area contributed by atoms with E-state index in [0.717, 1.165) is 17.8 Å². The normalized spacial score (nSPS) is 11.4. The van der Waals surface area contributed by atoms with Crippen LogP contribution in [0.25, 0.3) is 0 Å². The summed E-state index contributed by atoms with van der Waals surface area (Å²) in [6.07, 6.45) is -4.58. The molecule has 0 fully saturated rings. The highest BCUT2D eigenvalue weighted by atomic mass is 32.2. The Morgan fingerprint density at radius 2 is 2.15 bits per heavy atom. The Balaban J connectivity index is 2.91. The molecule has 1 N–H and O–H groups in total. The molecular weight excluding hydrogens is 293 g/mol. The summed E-state index contributed by atoms with van der Waals surface area (Å²) in [7, 11) is 0. The molecule has 0 saturated carbocycles. The average molecular weight is 306 g/mol. The number of rotatable bonds is 6. The number of hydrogen-bond acceptors (Lipinski definition) is 5. The first-order valence-electron chi connectivity index (χ1n) is 5.70. The molecule has 1 rings (SSSR count). The number of thioether (sulfide) groups is 1. The minimum atomic E-state index is -4.58. The molecule has 0 aromatic carbocycles. The van der Waals surface area contributed by atoms with Gasteiger partial charge in [-0.2, -0.15) is 18.4 Å². The van der Waals surface area contributed by atoms with E-state index in [1.54, 1.807) is 6.07 Å².